The van der Waals surface area contributed by atoms with Gasteiger partial charge >= 0.3 is 11.9 Å². The molecule has 3 amide bonds. The van der Waals surface area contributed by atoms with Gasteiger partial charge in [-0.25, -0.2) is 4.79 Å². The molecular weight excluding hydrogens is 420 g/mol. The third kappa shape index (κ3) is 9.41. The molecule has 12 nitrogen and oxygen atoms in total. The van der Waals surface area contributed by atoms with Crippen LogP contribution in [-0.4, -0.2) is 81.0 Å². The van der Waals surface area contributed by atoms with Gasteiger partial charge in [-0.15, -0.1) is 0 Å². The number of aliphatic hydroxyl groups excluding tert-OH is 1. The third-order valence-electron chi connectivity index (χ3n) is 4.16. The molecule has 0 aromatic carbocycles. The Hall–Kier alpha value is -2.38. The second-order valence-corrected chi connectivity index (χ2v) is 7.44. The van der Waals surface area contributed by atoms with Crippen LogP contribution in [0.1, 0.15) is 33.6 Å². The number of thiol groups is 1. The smallest absolute Gasteiger partial charge is 0.328 e. The maximum Gasteiger partial charge on any atom is 0.328 e. The predicted molar refractivity (Wildman–Crippen MR) is 109 cm³/mol. The number of aliphatic hydroxyl groups is 1. The summed E-state index contributed by atoms with van der Waals surface area (Å²) < 4.78 is 0. The summed E-state index contributed by atoms with van der Waals surface area (Å²) in [6.45, 7) is 4.56. The molecule has 0 saturated carbocycles. The Morgan fingerprint density at radius 3 is 1.80 bits per heavy atom. The van der Waals surface area contributed by atoms with Crippen molar-refractivity contribution in [1.29, 1.82) is 0 Å². The van der Waals surface area contributed by atoms with Crippen molar-refractivity contribution in [2.75, 3.05) is 5.75 Å². The molecule has 0 rings (SSSR count). The van der Waals surface area contributed by atoms with E-state index < -0.39 is 66.4 Å². The first-order valence-electron chi connectivity index (χ1n) is 9.22. The second kappa shape index (κ2) is 13.0. The Kier molecular flexibility index (Phi) is 12.0. The lowest BCUT2D eigenvalue weighted by atomic mass is 10.0. The van der Waals surface area contributed by atoms with Gasteiger partial charge in [0.15, 0.2) is 6.04 Å². The summed E-state index contributed by atoms with van der Waals surface area (Å²) in [4.78, 5) is 59.0. The molecule has 30 heavy (non-hydrogen) atoms. The molecule has 5 unspecified atom stereocenters. The lowest BCUT2D eigenvalue weighted by Crippen LogP contribution is -2.59. The van der Waals surface area contributed by atoms with E-state index in [4.69, 9.17) is 15.9 Å². The summed E-state index contributed by atoms with van der Waals surface area (Å²) >= 11 is 3.95. The van der Waals surface area contributed by atoms with Crippen molar-refractivity contribution < 1.29 is 39.3 Å². The SMILES string of the molecule is CC(C)C(N)C(=O)NC(CCC(=O)O)C(=O)NC(CS)C(=O)NC(C(=O)O)C(C)O. The molecule has 8 N–H and O–H groups in total. The van der Waals surface area contributed by atoms with Crippen LogP contribution in [0.25, 0.3) is 0 Å². The normalized spacial score (nSPS) is 16.0. The second-order valence-electron chi connectivity index (χ2n) is 7.07. The van der Waals surface area contributed by atoms with Gasteiger partial charge in [0.25, 0.3) is 0 Å². The van der Waals surface area contributed by atoms with E-state index in [2.05, 4.69) is 28.6 Å². The number of carbonyl (C=O) groups is 5. The lowest BCUT2D eigenvalue weighted by molar-refractivity contribution is -0.145. The highest BCUT2D eigenvalue weighted by Gasteiger charge is 2.31. The Bertz CT molecular complexity index is 643. The molecule has 172 valence electrons. The molecule has 0 aliphatic heterocycles. The van der Waals surface area contributed by atoms with Crippen molar-refractivity contribution in [3.05, 3.63) is 0 Å². The first kappa shape index (κ1) is 27.6. The van der Waals surface area contributed by atoms with Gasteiger partial charge in [0.1, 0.15) is 12.1 Å². The van der Waals surface area contributed by atoms with Crippen molar-refractivity contribution in [1.82, 2.24) is 16.0 Å². The zero-order chi connectivity index (χ0) is 23.6. The first-order chi connectivity index (χ1) is 13.8. The number of carboxylic acids is 2. The third-order valence-corrected chi connectivity index (χ3v) is 4.53. The number of nitrogens with one attached hydrogen (secondary N) is 3. The highest BCUT2D eigenvalue weighted by atomic mass is 32.1. The van der Waals surface area contributed by atoms with Crippen LogP contribution in [0, 0.1) is 5.92 Å². The summed E-state index contributed by atoms with van der Waals surface area (Å²) in [6.07, 6.45) is -2.09. The maximum absolute atomic E-state index is 12.6. The molecule has 0 fully saturated rings. The molecule has 0 aliphatic carbocycles. The summed E-state index contributed by atoms with van der Waals surface area (Å²) in [5.41, 5.74) is 5.74. The minimum Gasteiger partial charge on any atom is -0.481 e. The van der Waals surface area contributed by atoms with Gasteiger partial charge in [-0.2, -0.15) is 12.6 Å². The standard InChI is InChI=1S/C17H30N4O8S/c1-7(2)12(18)16(27)19-9(4-5-11(23)24)14(25)20-10(6-30)15(26)21-13(8(3)22)17(28)29/h7-10,12-13,22,30H,4-6,18H2,1-3H3,(H,19,27)(H,20,25)(H,21,26)(H,23,24)(H,28,29). The summed E-state index contributed by atoms with van der Waals surface area (Å²) in [6, 6.07) is -5.13. The molecule has 13 heteroatoms. The molecular formula is C17H30N4O8S. The topological polar surface area (TPSA) is 208 Å². The predicted octanol–water partition coefficient (Wildman–Crippen LogP) is -2.32. The molecule has 0 aromatic rings. The molecule has 0 aliphatic rings. The lowest BCUT2D eigenvalue weighted by Gasteiger charge is -2.25. The van der Waals surface area contributed by atoms with E-state index in [1.807, 2.05) is 0 Å². The molecule has 5 atom stereocenters. The maximum atomic E-state index is 12.6. The Balaban J connectivity index is 5.30. The minimum absolute atomic E-state index is 0.227. The van der Waals surface area contributed by atoms with E-state index in [0.717, 1.165) is 0 Å². The van der Waals surface area contributed by atoms with Gasteiger partial charge in [0, 0.05) is 12.2 Å². The van der Waals surface area contributed by atoms with Crippen LogP contribution < -0.4 is 21.7 Å². The summed E-state index contributed by atoms with van der Waals surface area (Å²) in [7, 11) is 0. The number of carboxylic acid groups (broad SMARTS) is 2. The molecule has 0 radical (unpaired) electrons. The highest BCUT2D eigenvalue weighted by Crippen LogP contribution is 2.04. The largest absolute Gasteiger partial charge is 0.481 e. The fourth-order valence-corrected chi connectivity index (χ4v) is 2.47. The first-order valence-corrected chi connectivity index (χ1v) is 9.85. The summed E-state index contributed by atoms with van der Waals surface area (Å²) in [5, 5.41) is 34.1. The fraction of sp³-hybridized carbons (Fsp3) is 0.706. The Labute approximate surface area is 179 Å². The number of hydrogen-bond donors (Lipinski definition) is 8. The van der Waals surface area contributed by atoms with E-state index in [-0.39, 0.29) is 18.1 Å². The monoisotopic (exact) mass is 450 g/mol. The number of hydrogen-bond acceptors (Lipinski definition) is 8. The van der Waals surface area contributed by atoms with E-state index >= 15 is 0 Å². The minimum atomic E-state index is -1.61. The van der Waals surface area contributed by atoms with E-state index in [9.17, 15) is 29.1 Å². The number of aliphatic carboxylic acids is 2. The van der Waals surface area contributed by atoms with Crippen LogP contribution in [0.5, 0.6) is 0 Å². The molecule has 0 saturated heterocycles. The van der Waals surface area contributed by atoms with Crippen molar-refractivity contribution >= 4 is 42.3 Å². The Morgan fingerprint density at radius 1 is 0.900 bits per heavy atom. The molecule has 0 spiro atoms. The van der Waals surface area contributed by atoms with Gasteiger partial charge in [0.2, 0.25) is 17.7 Å². The molecule has 0 aromatic heterocycles. The van der Waals surface area contributed by atoms with Crippen molar-refractivity contribution in [2.45, 2.75) is 63.9 Å². The number of amides is 3. The van der Waals surface area contributed by atoms with Gasteiger partial charge in [-0.1, -0.05) is 13.8 Å². The van der Waals surface area contributed by atoms with Crippen LogP contribution >= 0.6 is 12.6 Å². The highest BCUT2D eigenvalue weighted by molar-refractivity contribution is 7.80. The fourth-order valence-electron chi connectivity index (χ4n) is 2.22. The van der Waals surface area contributed by atoms with Crippen LogP contribution in [0.2, 0.25) is 0 Å². The average Bonchev–Trinajstić information content (AvgIpc) is 2.65. The van der Waals surface area contributed by atoms with E-state index in [1.165, 1.54) is 6.92 Å². The Morgan fingerprint density at radius 2 is 1.40 bits per heavy atom. The quantitative estimate of drug-likeness (QED) is 0.141. The van der Waals surface area contributed by atoms with Crippen LogP contribution in [0.3, 0.4) is 0 Å². The van der Waals surface area contributed by atoms with Gasteiger partial charge in [-0.05, 0) is 19.3 Å². The van der Waals surface area contributed by atoms with Gasteiger partial charge in [-0.3, -0.25) is 19.2 Å². The average molecular weight is 451 g/mol. The van der Waals surface area contributed by atoms with Crippen LogP contribution in [0.4, 0.5) is 0 Å². The van der Waals surface area contributed by atoms with Crippen LogP contribution in [-0.2, 0) is 24.0 Å². The van der Waals surface area contributed by atoms with Crippen molar-refractivity contribution in [3.8, 4) is 0 Å². The van der Waals surface area contributed by atoms with E-state index in [0.29, 0.717) is 0 Å². The number of rotatable bonds is 13. The summed E-state index contributed by atoms with van der Waals surface area (Å²) in [5.74, 6) is -5.58. The zero-order valence-electron chi connectivity index (χ0n) is 17.0. The number of carbonyl (C=O) groups excluding carboxylic acids is 3. The van der Waals surface area contributed by atoms with Gasteiger partial charge < -0.3 is 37.0 Å². The van der Waals surface area contributed by atoms with Gasteiger partial charge in [0.05, 0.1) is 12.1 Å². The molecule has 0 heterocycles. The molecule has 0 bridgehead atoms. The zero-order valence-corrected chi connectivity index (χ0v) is 17.9. The number of nitrogens with two attached hydrogens (primary N) is 1. The van der Waals surface area contributed by atoms with E-state index in [1.54, 1.807) is 13.8 Å². The van der Waals surface area contributed by atoms with Crippen molar-refractivity contribution in [2.24, 2.45) is 11.7 Å². The van der Waals surface area contributed by atoms with Crippen molar-refractivity contribution in [3.63, 3.8) is 0 Å². The van der Waals surface area contributed by atoms with Crippen LogP contribution in [0.15, 0.2) is 0 Å².